The van der Waals surface area contributed by atoms with Gasteiger partial charge >= 0.3 is 0 Å². The highest BCUT2D eigenvalue weighted by atomic mass is 15.4. The fourth-order valence-electron chi connectivity index (χ4n) is 4.44. The first-order chi connectivity index (χ1) is 14.9. The van der Waals surface area contributed by atoms with Crippen molar-refractivity contribution in [2.24, 2.45) is 0 Å². The summed E-state index contributed by atoms with van der Waals surface area (Å²) in [7, 11) is 0. The van der Waals surface area contributed by atoms with Crippen molar-refractivity contribution in [1.29, 1.82) is 0 Å². The molecule has 0 aliphatic carbocycles. The predicted octanol–water partition coefficient (Wildman–Crippen LogP) is 8.29. The lowest BCUT2D eigenvalue weighted by Crippen LogP contribution is -2.31. The van der Waals surface area contributed by atoms with Gasteiger partial charge in [-0.1, -0.05) is 120 Å². The van der Waals surface area contributed by atoms with Gasteiger partial charge in [-0.2, -0.15) is 0 Å². The number of nitrogens with zero attached hydrogens (tertiary/aromatic N) is 2. The van der Waals surface area contributed by atoms with Crippen molar-refractivity contribution in [1.82, 2.24) is 4.90 Å². The van der Waals surface area contributed by atoms with Gasteiger partial charge in [-0.05, 0) is 24.1 Å². The van der Waals surface area contributed by atoms with Crippen LogP contribution >= 0.6 is 0 Å². The summed E-state index contributed by atoms with van der Waals surface area (Å²) in [6, 6.07) is 21.6. The Kier molecular flexibility index (Phi) is 9.85. The molecule has 1 aliphatic rings. The van der Waals surface area contributed by atoms with Crippen LogP contribution in [0.4, 0.5) is 5.69 Å². The van der Waals surface area contributed by atoms with E-state index >= 15 is 0 Å². The number of hydrogen-bond acceptors (Lipinski definition) is 2. The van der Waals surface area contributed by atoms with E-state index in [0.717, 1.165) is 6.54 Å². The standard InChI is InChI=1S/C28H40N2/c1-2-3-4-5-6-7-8-9-10-11-18-23-29-24-25-30(27-21-16-13-17-22-27)28(29)26-19-14-12-15-20-26/h12-17,19-22,24-25,28H,2-11,18,23H2,1H3. The zero-order chi connectivity index (χ0) is 20.9. The first kappa shape index (κ1) is 22.5. The summed E-state index contributed by atoms with van der Waals surface area (Å²) in [5.41, 5.74) is 2.61. The summed E-state index contributed by atoms with van der Waals surface area (Å²) in [6.07, 6.45) is 20.1. The molecule has 162 valence electrons. The molecule has 0 N–H and O–H groups in total. The van der Waals surface area contributed by atoms with Crippen molar-refractivity contribution in [3.8, 4) is 0 Å². The van der Waals surface area contributed by atoms with Crippen LogP contribution < -0.4 is 4.90 Å². The molecule has 0 bridgehead atoms. The van der Waals surface area contributed by atoms with E-state index in [1.807, 2.05) is 0 Å². The molecule has 0 amide bonds. The molecule has 0 radical (unpaired) electrons. The molecule has 2 heteroatoms. The van der Waals surface area contributed by atoms with Gasteiger partial charge in [0.2, 0.25) is 0 Å². The fraction of sp³-hybridized carbons (Fsp3) is 0.500. The maximum absolute atomic E-state index is 2.51. The highest BCUT2D eigenvalue weighted by molar-refractivity contribution is 5.53. The van der Waals surface area contributed by atoms with Crippen LogP contribution in [0.5, 0.6) is 0 Å². The van der Waals surface area contributed by atoms with Crippen molar-refractivity contribution >= 4 is 5.69 Å². The van der Waals surface area contributed by atoms with Crippen molar-refractivity contribution in [2.45, 2.75) is 83.7 Å². The number of para-hydroxylation sites is 1. The van der Waals surface area contributed by atoms with Crippen molar-refractivity contribution < 1.29 is 0 Å². The summed E-state index contributed by atoms with van der Waals surface area (Å²) < 4.78 is 0. The van der Waals surface area contributed by atoms with E-state index in [1.165, 1.54) is 81.9 Å². The molecule has 0 aromatic heterocycles. The van der Waals surface area contributed by atoms with Crippen molar-refractivity contribution in [3.63, 3.8) is 0 Å². The Morgan fingerprint density at radius 1 is 0.600 bits per heavy atom. The Bertz CT molecular complexity index is 710. The summed E-state index contributed by atoms with van der Waals surface area (Å²) in [6.45, 7) is 3.41. The number of hydrogen-bond donors (Lipinski definition) is 0. The molecule has 2 nitrogen and oxygen atoms in total. The molecule has 1 unspecified atom stereocenters. The summed E-state index contributed by atoms with van der Waals surface area (Å²) >= 11 is 0. The topological polar surface area (TPSA) is 6.48 Å². The van der Waals surface area contributed by atoms with Crippen LogP contribution in [0.3, 0.4) is 0 Å². The van der Waals surface area contributed by atoms with Gasteiger partial charge in [-0.3, -0.25) is 0 Å². The molecular formula is C28H40N2. The second-order valence-electron chi connectivity index (χ2n) is 8.60. The minimum Gasteiger partial charge on any atom is -0.352 e. The smallest absolute Gasteiger partial charge is 0.132 e. The Balaban J connectivity index is 1.41. The van der Waals surface area contributed by atoms with E-state index in [4.69, 9.17) is 0 Å². The lowest BCUT2D eigenvalue weighted by atomic mass is 10.1. The van der Waals surface area contributed by atoms with Gasteiger partial charge in [0.05, 0.1) is 0 Å². The SMILES string of the molecule is CCCCCCCCCCCCCN1C=CN(c2ccccc2)C1c1ccccc1. The quantitative estimate of drug-likeness (QED) is 0.292. The van der Waals surface area contributed by atoms with E-state index in [2.05, 4.69) is 89.8 Å². The van der Waals surface area contributed by atoms with Crippen LogP contribution in [0, 0.1) is 0 Å². The Hall–Kier alpha value is -2.22. The minimum atomic E-state index is 0.261. The third-order valence-electron chi connectivity index (χ3n) is 6.17. The van der Waals surface area contributed by atoms with Gasteiger partial charge in [0.25, 0.3) is 0 Å². The molecule has 1 atom stereocenters. The third-order valence-corrected chi connectivity index (χ3v) is 6.17. The molecule has 30 heavy (non-hydrogen) atoms. The van der Waals surface area contributed by atoms with Crippen LogP contribution in [-0.4, -0.2) is 11.4 Å². The minimum absolute atomic E-state index is 0.261. The van der Waals surface area contributed by atoms with Gasteiger partial charge in [0.15, 0.2) is 0 Å². The van der Waals surface area contributed by atoms with Gasteiger partial charge < -0.3 is 9.80 Å². The largest absolute Gasteiger partial charge is 0.352 e. The Labute approximate surface area is 184 Å². The van der Waals surface area contributed by atoms with E-state index in [1.54, 1.807) is 0 Å². The monoisotopic (exact) mass is 404 g/mol. The van der Waals surface area contributed by atoms with Crippen molar-refractivity contribution in [2.75, 3.05) is 11.4 Å². The molecule has 2 aromatic carbocycles. The normalized spacial score (nSPS) is 15.8. The highest BCUT2D eigenvalue weighted by Crippen LogP contribution is 2.35. The van der Waals surface area contributed by atoms with Crippen LogP contribution in [0.15, 0.2) is 73.1 Å². The van der Waals surface area contributed by atoms with Gasteiger partial charge in [0.1, 0.15) is 6.17 Å². The molecule has 0 saturated heterocycles. The molecule has 1 heterocycles. The van der Waals surface area contributed by atoms with Crippen LogP contribution in [0.25, 0.3) is 0 Å². The van der Waals surface area contributed by atoms with Gasteiger partial charge in [-0.25, -0.2) is 0 Å². The second kappa shape index (κ2) is 13.2. The Morgan fingerprint density at radius 2 is 1.13 bits per heavy atom. The van der Waals surface area contributed by atoms with Crippen molar-refractivity contribution in [3.05, 3.63) is 78.6 Å². The third kappa shape index (κ3) is 6.93. The fourth-order valence-corrected chi connectivity index (χ4v) is 4.44. The molecule has 0 saturated carbocycles. The average Bonchev–Trinajstić information content (AvgIpc) is 3.22. The maximum Gasteiger partial charge on any atom is 0.132 e. The molecule has 0 fully saturated rings. The molecule has 1 aliphatic heterocycles. The number of benzene rings is 2. The molecule has 2 aromatic rings. The maximum atomic E-state index is 2.51. The first-order valence-corrected chi connectivity index (χ1v) is 12.2. The molecule has 0 spiro atoms. The zero-order valence-corrected chi connectivity index (χ0v) is 18.9. The lowest BCUT2D eigenvalue weighted by molar-refractivity contribution is 0.297. The van der Waals surface area contributed by atoms with E-state index in [0.29, 0.717) is 0 Å². The lowest BCUT2D eigenvalue weighted by Gasteiger charge is -2.33. The number of rotatable bonds is 14. The summed E-state index contributed by atoms with van der Waals surface area (Å²) in [4.78, 5) is 4.91. The van der Waals surface area contributed by atoms with E-state index in [-0.39, 0.29) is 6.17 Å². The van der Waals surface area contributed by atoms with Crippen LogP contribution in [0.1, 0.15) is 89.3 Å². The molecule has 3 rings (SSSR count). The van der Waals surface area contributed by atoms with Crippen LogP contribution in [0.2, 0.25) is 0 Å². The highest BCUT2D eigenvalue weighted by Gasteiger charge is 2.28. The average molecular weight is 405 g/mol. The zero-order valence-electron chi connectivity index (χ0n) is 18.9. The number of anilines is 1. The molecular weight excluding hydrogens is 364 g/mol. The Morgan fingerprint density at radius 3 is 1.73 bits per heavy atom. The van der Waals surface area contributed by atoms with Gasteiger partial charge in [-0.15, -0.1) is 0 Å². The number of unbranched alkanes of at least 4 members (excludes halogenated alkanes) is 10. The van der Waals surface area contributed by atoms with E-state index < -0.39 is 0 Å². The van der Waals surface area contributed by atoms with Crippen LogP contribution in [-0.2, 0) is 0 Å². The van der Waals surface area contributed by atoms with Gasteiger partial charge in [0, 0.05) is 24.6 Å². The van der Waals surface area contributed by atoms with E-state index in [9.17, 15) is 0 Å². The second-order valence-corrected chi connectivity index (χ2v) is 8.60. The summed E-state index contributed by atoms with van der Waals surface area (Å²) in [5.74, 6) is 0. The predicted molar refractivity (Wildman–Crippen MR) is 130 cm³/mol. The first-order valence-electron chi connectivity index (χ1n) is 12.2. The summed E-state index contributed by atoms with van der Waals surface area (Å²) in [5, 5.41) is 0.